The third kappa shape index (κ3) is 3.31. The highest BCUT2D eigenvalue weighted by atomic mass is 79.9. The molecular weight excluding hydrogens is 391 g/mol. The minimum absolute atomic E-state index is 0.522. The Labute approximate surface area is 145 Å². The molecule has 2 aromatic heterocycles. The Hall–Kier alpha value is -1.44. The van der Waals surface area contributed by atoms with Crippen LogP contribution < -0.4 is 0 Å². The predicted molar refractivity (Wildman–Crippen MR) is 87.1 cm³/mol. The maximum absolute atomic E-state index is 6.39. The fraction of sp³-hybridized carbons (Fsp3) is 0.231. The number of halogens is 3. The number of aromatic nitrogens is 6. The number of alkyl halides is 1. The fourth-order valence-corrected chi connectivity index (χ4v) is 3.78. The van der Waals surface area contributed by atoms with Crippen LogP contribution in [0.15, 0.2) is 43.0 Å². The molecule has 0 saturated carbocycles. The van der Waals surface area contributed by atoms with E-state index in [1.165, 1.54) is 0 Å². The number of benzene rings is 1. The lowest BCUT2D eigenvalue weighted by Crippen LogP contribution is -2.31. The van der Waals surface area contributed by atoms with Crippen LogP contribution in [-0.2, 0) is 17.4 Å². The summed E-state index contributed by atoms with van der Waals surface area (Å²) in [4.78, 5) is 0. The molecule has 0 aliphatic rings. The first-order valence-corrected chi connectivity index (χ1v) is 7.94. The normalized spacial score (nSPS) is 11.8. The maximum Gasteiger partial charge on any atom is 0.0912 e. The van der Waals surface area contributed by atoms with Crippen LogP contribution in [0.3, 0.4) is 0 Å². The first kappa shape index (κ1) is 15.5. The zero-order chi connectivity index (χ0) is 15.6. The first-order valence-electron chi connectivity index (χ1n) is 6.39. The van der Waals surface area contributed by atoms with E-state index in [-0.39, 0.29) is 0 Å². The van der Waals surface area contributed by atoms with E-state index in [4.69, 9.17) is 23.2 Å². The molecule has 0 unspecified atom stereocenters. The maximum atomic E-state index is 6.39. The van der Waals surface area contributed by atoms with Gasteiger partial charge >= 0.3 is 0 Å². The molecule has 114 valence electrons. The van der Waals surface area contributed by atoms with Crippen LogP contribution in [0.5, 0.6) is 0 Å². The van der Waals surface area contributed by atoms with Crippen molar-refractivity contribution >= 4 is 39.1 Å². The van der Waals surface area contributed by atoms with Gasteiger partial charge in [0.25, 0.3) is 0 Å². The molecule has 0 saturated heterocycles. The molecule has 0 aliphatic carbocycles. The van der Waals surface area contributed by atoms with Crippen molar-refractivity contribution in [3.05, 3.63) is 58.6 Å². The highest BCUT2D eigenvalue weighted by Gasteiger charge is 2.33. The molecule has 0 spiro atoms. The lowest BCUT2D eigenvalue weighted by Gasteiger charge is -2.28. The molecule has 22 heavy (non-hydrogen) atoms. The molecule has 0 atom stereocenters. The summed E-state index contributed by atoms with van der Waals surface area (Å²) in [5, 5.41) is 16.9. The van der Waals surface area contributed by atoms with Gasteiger partial charge in [-0.3, -0.25) is 9.36 Å². The number of nitrogens with zero attached hydrogens (tertiary/aromatic N) is 6. The van der Waals surface area contributed by atoms with Gasteiger partial charge < -0.3 is 0 Å². The quantitative estimate of drug-likeness (QED) is 0.616. The molecule has 3 aromatic rings. The van der Waals surface area contributed by atoms with Crippen LogP contribution in [0.1, 0.15) is 5.56 Å². The van der Waals surface area contributed by atoms with Gasteiger partial charge in [0.05, 0.1) is 29.8 Å². The summed E-state index contributed by atoms with van der Waals surface area (Å²) in [5.41, 5.74) is 0.893. The average molecular weight is 402 g/mol. The fourth-order valence-electron chi connectivity index (χ4n) is 2.22. The predicted octanol–water partition coefficient (Wildman–Crippen LogP) is 3.17. The van der Waals surface area contributed by atoms with Crippen molar-refractivity contribution in [2.24, 2.45) is 0 Å². The Kier molecular flexibility index (Phi) is 4.46. The largest absolute Gasteiger partial charge is 0.251 e. The molecule has 2 heterocycles. The molecule has 0 aliphatic heterocycles. The number of hydrogen-bond donors (Lipinski definition) is 0. The van der Waals surface area contributed by atoms with Gasteiger partial charge in [0.1, 0.15) is 0 Å². The lowest BCUT2D eigenvalue weighted by atomic mass is 9.98. The topological polar surface area (TPSA) is 61.4 Å². The van der Waals surface area contributed by atoms with E-state index in [1.54, 1.807) is 40.2 Å². The van der Waals surface area contributed by atoms with Crippen LogP contribution in [0.2, 0.25) is 10.0 Å². The average Bonchev–Trinajstić information content (AvgIpc) is 3.12. The lowest BCUT2D eigenvalue weighted by molar-refractivity contribution is 0.399. The van der Waals surface area contributed by atoms with E-state index in [9.17, 15) is 0 Å². The van der Waals surface area contributed by atoms with E-state index >= 15 is 0 Å². The Morgan fingerprint density at radius 1 is 1.00 bits per heavy atom. The third-order valence-corrected chi connectivity index (χ3v) is 4.66. The van der Waals surface area contributed by atoms with Crippen LogP contribution in [0.25, 0.3) is 0 Å². The molecule has 3 rings (SSSR count). The minimum Gasteiger partial charge on any atom is -0.251 e. The standard InChI is InChI=1S/C13H11BrCl2N6/c14-13(8-21-5-3-17-19-21,9-22-6-4-18-20-22)11-2-1-10(15)7-12(11)16/h1-7H,8-9H2. The van der Waals surface area contributed by atoms with E-state index in [2.05, 4.69) is 36.6 Å². The third-order valence-electron chi connectivity index (χ3n) is 3.18. The molecule has 0 bridgehead atoms. The Morgan fingerprint density at radius 3 is 2.05 bits per heavy atom. The Balaban J connectivity index is 2.01. The van der Waals surface area contributed by atoms with Crippen molar-refractivity contribution in [1.82, 2.24) is 30.0 Å². The van der Waals surface area contributed by atoms with Crippen LogP contribution in [0.4, 0.5) is 0 Å². The molecule has 6 nitrogen and oxygen atoms in total. The molecule has 0 amide bonds. The van der Waals surface area contributed by atoms with Crippen LogP contribution in [0, 0.1) is 0 Å². The van der Waals surface area contributed by atoms with Gasteiger partial charge in [-0.05, 0) is 17.7 Å². The summed E-state index contributed by atoms with van der Waals surface area (Å²) >= 11 is 16.2. The molecule has 0 fully saturated rings. The van der Waals surface area contributed by atoms with E-state index in [0.29, 0.717) is 23.1 Å². The zero-order valence-electron chi connectivity index (χ0n) is 11.3. The summed E-state index contributed by atoms with van der Waals surface area (Å²) in [6.07, 6.45) is 6.85. The van der Waals surface area contributed by atoms with Gasteiger partial charge in [0.15, 0.2) is 0 Å². The smallest absolute Gasteiger partial charge is 0.0912 e. The van der Waals surface area contributed by atoms with E-state index in [1.807, 2.05) is 12.1 Å². The van der Waals surface area contributed by atoms with Crippen molar-refractivity contribution in [2.75, 3.05) is 0 Å². The summed E-state index contributed by atoms with van der Waals surface area (Å²) in [6, 6.07) is 5.42. The van der Waals surface area contributed by atoms with Crippen molar-refractivity contribution in [3.8, 4) is 0 Å². The second kappa shape index (κ2) is 6.36. The summed E-state index contributed by atoms with van der Waals surface area (Å²) in [5.74, 6) is 0. The van der Waals surface area contributed by atoms with Crippen LogP contribution in [-0.4, -0.2) is 30.0 Å². The second-order valence-electron chi connectivity index (χ2n) is 4.79. The Bertz CT molecular complexity index is 708. The number of rotatable bonds is 5. The summed E-state index contributed by atoms with van der Waals surface area (Å²) in [6.45, 7) is 1.04. The Morgan fingerprint density at radius 2 is 1.59 bits per heavy atom. The monoisotopic (exact) mass is 400 g/mol. The summed E-state index contributed by atoms with van der Waals surface area (Å²) in [7, 11) is 0. The van der Waals surface area contributed by atoms with Gasteiger partial charge in [-0.2, -0.15) is 0 Å². The van der Waals surface area contributed by atoms with Gasteiger partial charge in [0, 0.05) is 22.4 Å². The van der Waals surface area contributed by atoms with Crippen molar-refractivity contribution in [3.63, 3.8) is 0 Å². The molecule has 9 heteroatoms. The second-order valence-corrected chi connectivity index (χ2v) is 7.15. The van der Waals surface area contributed by atoms with Crippen molar-refractivity contribution in [2.45, 2.75) is 17.4 Å². The van der Waals surface area contributed by atoms with Gasteiger partial charge in [-0.15, -0.1) is 10.2 Å². The van der Waals surface area contributed by atoms with Gasteiger partial charge in [0.2, 0.25) is 0 Å². The van der Waals surface area contributed by atoms with E-state index in [0.717, 1.165) is 5.56 Å². The van der Waals surface area contributed by atoms with Crippen molar-refractivity contribution in [1.29, 1.82) is 0 Å². The highest BCUT2D eigenvalue weighted by molar-refractivity contribution is 9.09. The van der Waals surface area contributed by atoms with Crippen molar-refractivity contribution < 1.29 is 0 Å². The van der Waals surface area contributed by atoms with Gasteiger partial charge in [-0.25, -0.2) is 0 Å². The molecule has 0 N–H and O–H groups in total. The molecular formula is C13H11BrCl2N6. The number of hydrogen-bond acceptors (Lipinski definition) is 4. The molecule has 0 radical (unpaired) electrons. The molecule has 1 aromatic carbocycles. The van der Waals surface area contributed by atoms with Crippen LogP contribution >= 0.6 is 39.1 Å². The zero-order valence-corrected chi connectivity index (χ0v) is 14.4. The summed E-state index contributed by atoms with van der Waals surface area (Å²) < 4.78 is 2.93. The first-order chi connectivity index (χ1) is 10.6. The SMILES string of the molecule is Clc1ccc(C(Br)(Cn2ccnn2)Cn2ccnn2)c(Cl)c1. The van der Waals surface area contributed by atoms with E-state index < -0.39 is 4.32 Å². The highest BCUT2D eigenvalue weighted by Crippen LogP contribution is 2.39. The minimum atomic E-state index is -0.532. The van der Waals surface area contributed by atoms with Gasteiger partial charge in [-0.1, -0.05) is 55.6 Å².